The molecule has 0 unspecified atom stereocenters. The van der Waals surface area contributed by atoms with E-state index in [0.29, 0.717) is 10.6 Å². The van der Waals surface area contributed by atoms with Gasteiger partial charge < -0.3 is 26.5 Å². The molecule has 0 aliphatic rings. The van der Waals surface area contributed by atoms with Crippen molar-refractivity contribution in [2.24, 2.45) is 5.73 Å². The topological polar surface area (TPSA) is 163 Å². The second kappa shape index (κ2) is 11.0. The molecule has 6 N–H and O–H groups in total. The van der Waals surface area contributed by atoms with Crippen LogP contribution in [-0.4, -0.2) is 43.8 Å². The summed E-state index contributed by atoms with van der Waals surface area (Å²) in [5.41, 5.74) is 7.00. The number of carbonyl (C=O) groups excluding carboxylic acids is 3. The number of pyridine rings is 2. The van der Waals surface area contributed by atoms with Gasteiger partial charge in [-0.05, 0) is 47.5 Å². The lowest BCUT2D eigenvalue weighted by Gasteiger charge is -2.17. The van der Waals surface area contributed by atoms with Gasteiger partial charge in [-0.25, -0.2) is 9.37 Å². The van der Waals surface area contributed by atoms with Gasteiger partial charge >= 0.3 is 0 Å². The molecule has 0 radical (unpaired) electrons. The van der Waals surface area contributed by atoms with Gasteiger partial charge in [0.1, 0.15) is 23.1 Å². The van der Waals surface area contributed by atoms with Crippen LogP contribution in [0, 0.1) is 5.82 Å². The van der Waals surface area contributed by atoms with Crippen LogP contribution in [0.25, 0.3) is 21.8 Å². The summed E-state index contributed by atoms with van der Waals surface area (Å²) in [4.78, 5) is 50.1. The molecule has 40 heavy (non-hydrogen) atoms. The molecule has 0 saturated carbocycles. The van der Waals surface area contributed by atoms with E-state index in [1.807, 2.05) is 0 Å². The minimum atomic E-state index is -1.12. The summed E-state index contributed by atoms with van der Waals surface area (Å²) in [6.07, 6.45) is 3.16. The number of rotatable bonds is 8. The average Bonchev–Trinajstić information content (AvgIpc) is 3.33. The quantitative estimate of drug-likeness (QED) is 0.195. The zero-order valence-corrected chi connectivity index (χ0v) is 21.5. The van der Waals surface area contributed by atoms with Gasteiger partial charge in [-0.3, -0.25) is 19.4 Å². The maximum atomic E-state index is 13.4. The highest BCUT2D eigenvalue weighted by molar-refractivity contribution is 6.31. The Kier molecular flexibility index (Phi) is 7.30. The van der Waals surface area contributed by atoms with E-state index < -0.39 is 41.0 Å². The number of benzene rings is 2. The average molecular weight is 561 g/mol. The molecule has 0 bridgehead atoms. The van der Waals surface area contributed by atoms with Gasteiger partial charge in [0.25, 0.3) is 11.8 Å². The smallest absolute Gasteiger partial charge is 0.274 e. The van der Waals surface area contributed by atoms with Crippen LogP contribution in [-0.2, 0) is 17.8 Å². The SMILES string of the molecule is NC(=O)[C@H](Cc1c[nH]c2cc(Cl)ccc12)NC(=O)c1nc(C(=O)NCc2ccc(F)cc2)c(O)c2ncccc12. The number of nitrogens with zero attached hydrogens (tertiary/aromatic N) is 2. The number of carbonyl (C=O) groups is 3. The Labute approximate surface area is 231 Å². The van der Waals surface area contributed by atoms with Crippen LogP contribution in [0.2, 0.25) is 5.02 Å². The molecule has 3 aromatic heterocycles. The first-order valence-corrected chi connectivity index (χ1v) is 12.4. The molecular weight excluding hydrogens is 539 g/mol. The van der Waals surface area contributed by atoms with Crippen LogP contribution in [0.4, 0.5) is 4.39 Å². The van der Waals surface area contributed by atoms with Crippen LogP contribution >= 0.6 is 11.6 Å². The zero-order chi connectivity index (χ0) is 28.4. The van der Waals surface area contributed by atoms with Crippen molar-refractivity contribution < 1.29 is 23.9 Å². The van der Waals surface area contributed by atoms with E-state index in [1.54, 1.807) is 24.4 Å². The summed E-state index contributed by atoms with van der Waals surface area (Å²) in [5.74, 6) is -3.30. The third kappa shape index (κ3) is 5.40. The molecule has 12 heteroatoms. The number of fused-ring (bicyclic) bond motifs is 2. The summed E-state index contributed by atoms with van der Waals surface area (Å²) in [6, 6.07) is 12.7. The van der Waals surface area contributed by atoms with Gasteiger partial charge in [0.2, 0.25) is 5.91 Å². The lowest BCUT2D eigenvalue weighted by molar-refractivity contribution is -0.119. The molecular formula is C28H22ClFN6O4. The lowest BCUT2D eigenvalue weighted by Crippen LogP contribution is -2.46. The van der Waals surface area contributed by atoms with Gasteiger partial charge in [-0.1, -0.05) is 29.8 Å². The number of H-pyrrole nitrogens is 1. The Balaban J connectivity index is 1.43. The fourth-order valence-corrected chi connectivity index (χ4v) is 4.49. The Bertz CT molecular complexity index is 1770. The number of amides is 3. The summed E-state index contributed by atoms with van der Waals surface area (Å²) in [7, 11) is 0. The molecule has 10 nitrogen and oxygen atoms in total. The molecule has 5 rings (SSSR count). The molecule has 1 atom stereocenters. The van der Waals surface area contributed by atoms with Gasteiger partial charge in [-0.2, -0.15) is 0 Å². The van der Waals surface area contributed by atoms with Crippen LogP contribution < -0.4 is 16.4 Å². The van der Waals surface area contributed by atoms with E-state index in [4.69, 9.17) is 17.3 Å². The fourth-order valence-electron chi connectivity index (χ4n) is 4.32. The maximum Gasteiger partial charge on any atom is 0.274 e. The van der Waals surface area contributed by atoms with Gasteiger partial charge in [0.05, 0.1) is 0 Å². The second-order valence-corrected chi connectivity index (χ2v) is 9.44. The van der Waals surface area contributed by atoms with Gasteiger partial charge in [0, 0.05) is 46.7 Å². The Morgan fingerprint density at radius 2 is 1.82 bits per heavy atom. The van der Waals surface area contributed by atoms with E-state index >= 15 is 0 Å². The summed E-state index contributed by atoms with van der Waals surface area (Å²) < 4.78 is 13.2. The molecule has 202 valence electrons. The van der Waals surface area contributed by atoms with E-state index in [9.17, 15) is 23.9 Å². The van der Waals surface area contributed by atoms with Crippen molar-refractivity contribution in [3.05, 3.63) is 100 Å². The molecule has 0 spiro atoms. The largest absolute Gasteiger partial charge is 0.504 e. The number of primary amides is 1. The van der Waals surface area contributed by atoms with Crippen LogP contribution in [0.5, 0.6) is 5.75 Å². The molecule has 0 aliphatic carbocycles. The number of nitrogens with two attached hydrogens (primary N) is 1. The minimum Gasteiger partial charge on any atom is -0.504 e. The van der Waals surface area contributed by atoms with Crippen molar-refractivity contribution in [3.8, 4) is 5.75 Å². The molecule has 0 aliphatic heterocycles. The van der Waals surface area contributed by atoms with Crippen LogP contribution in [0.1, 0.15) is 32.1 Å². The first kappa shape index (κ1) is 26.6. The monoisotopic (exact) mass is 560 g/mol. The van der Waals surface area contributed by atoms with E-state index in [-0.39, 0.29) is 29.6 Å². The predicted octanol–water partition coefficient (Wildman–Crippen LogP) is 3.37. The Morgan fingerprint density at radius 3 is 2.58 bits per heavy atom. The first-order chi connectivity index (χ1) is 19.2. The number of aromatic nitrogens is 3. The van der Waals surface area contributed by atoms with Crippen molar-refractivity contribution in [2.45, 2.75) is 19.0 Å². The molecule has 0 fully saturated rings. The first-order valence-electron chi connectivity index (χ1n) is 12.1. The van der Waals surface area contributed by atoms with Crippen LogP contribution in [0.3, 0.4) is 0 Å². The number of nitrogens with one attached hydrogen (secondary N) is 3. The predicted molar refractivity (Wildman–Crippen MR) is 146 cm³/mol. The number of aromatic hydroxyl groups is 1. The van der Waals surface area contributed by atoms with Gasteiger partial charge in [-0.15, -0.1) is 0 Å². The third-order valence-corrected chi connectivity index (χ3v) is 6.57. The number of hydrogen-bond acceptors (Lipinski definition) is 6. The normalized spacial score (nSPS) is 11.8. The third-order valence-electron chi connectivity index (χ3n) is 6.33. The highest BCUT2D eigenvalue weighted by atomic mass is 35.5. The highest BCUT2D eigenvalue weighted by Crippen LogP contribution is 2.28. The maximum absolute atomic E-state index is 13.4. The van der Waals surface area contributed by atoms with Crippen molar-refractivity contribution in [1.29, 1.82) is 0 Å². The van der Waals surface area contributed by atoms with Crippen molar-refractivity contribution in [3.63, 3.8) is 0 Å². The molecule has 2 aromatic carbocycles. The summed E-state index contributed by atoms with van der Waals surface area (Å²) in [6.45, 7) is 0.0155. The molecule has 5 aromatic rings. The fraction of sp³-hybridized carbons (Fsp3) is 0.107. The summed E-state index contributed by atoms with van der Waals surface area (Å²) >= 11 is 6.05. The minimum absolute atomic E-state index is 0.0155. The van der Waals surface area contributed by atoms with Gasteiger partial charge in [0.15, 0.2) is 11.4 Å². The van der Waals surface area contributed by atoms with Crippen molar-refractivity contribution in [2.75, 3.05) is 0 Å². The van der Waals surface area contributed by atoms with Crippen LogP contribution in [0.15, 0.2) is 67.0 Å². The number of halogens is 2. The molecule has 3 amide bonds. The van der Waals surface area contributed by atoms with E-state index in [2.05, 4.69) is 25.6 Å². The zero-order valence-electron chi connectivity index (χ0n) is 20.7. The second-order valence-electron chi connectivity index (χ2n) is 9.00. The number of aromatic amines is 1. The van der Waals surface area contributed by atoms with E-state index in [1.165, 1.54) is 42.6 Å². The summed E-state index contributed by atoms with van der Waals surface area (Å²) in [5, 5.41) is 17.5. The number of hydrogen-bond donors (Lipinski definition) is 5. The highest BCUT2D eigenvalue weighted by Gasteiger charge is 2.26. The van der Waals surface area contributed by atoms with Crippen molar-refractivity contribution in [1.82, 2.24) is 25.6 Å². The van der Waals surface area contributed by atoms with E-state index in [0.717, 1.165) is 16.5 Å². The standard InChI is InChI=1S/C28H22ClFN6O4/c29-16-5-8-18-15(13-33-20(18)11-16)10-21(26(31)38)35-28(40)23-19-2-1-9-32-22(19)25(37)24(36-23)27(39)34-12-14-3-6-17(30)7-4-14/h1-9,11,13,21,33,37H,10,12H2,(H2,31,38)(H,34,39)(H,35,40)/t21-/m0/s1. The lowest BCUT2D eigenvalue weighted by atomic mass is 10.0. The Morgan fingerprint density at radius 1 is 1.05 bits per heavy atom. The molecule has 3 heterocycles. The molecule has 0 saturated heterocycles. The van der Waals surface area contributed by atoms with Crippen molar-refractivity contribution >= 4 is 51.1 Å². The Hall–Kier alpha value is -5.03.